The van der Waals surface area contributed by atoms with Gasteiger partial charge < -0.3 is 10.0 Å². The highest BCUT2D eigenvalue weighted by Gasteiger charge is 2.27. The second-order valence-corrected chi connectivity index (χ2v) is 5.95. The molecule has 7 heteroatoms. The quantitative estimate of drug-likeness (QED) is 0.903. The summed E-state index contributed by atoms with van der Waals surface area (Å²) >= 11 is 1.38. The Kier molecular flexibility index (Phi) is 3.21. The zero-order chi connectivity index (χ0) is 14.3. The molecular formula is C13H15N3O3S. The number of anilines is 1. The smallest absolute Gasteiger partial charge is 0.308 e. The molecule has 106 valence electrons. The van der Waals surface area contributed by atoms with Gasteiger partial charge in [-0.25, -0.2) is 4.98 Å². The number of thiophene rings is 1. The normalized spacial score (nSPS) is 19.4. The van der Waals surface area contributed by atoms with Crippen molar-refractivity contribution < 1.29 is 9.90 Å². The Morgan fingerprint density at radius 1 is 1.55 bits per heavy atom. The van der Waals surface area contributed by atoms with E-state index in [9.17, 15) is 9.59 Å². The summed E-state index contributed by atoms with van der Waals surface area (Å²) in [5, 5.41) is 11.0. The molecule has 1 aliphatic rings. The maximum atomic E-state index is 12.3. The van der Waals surface area contributed by atoms with Gasteiger partial charge >= 0.3 is 5.97 Å². The second-order valence-electron chi connectivity index (χ2n) is 5.03. The van der Waals surface area contributed by atoms with E-state index in [1.807, 2.05) is 16.3 Å². The maximum Gasteiger partial charge on any atom is 0.308 e. The van der Waals surface area contributed by atoms with Crippen molar-refractivity contribution in [3.63, 3.8) is 0 Å². The Morgan fingerprint density at radius 3 is 3.10 bits per heavy atom. The van der Waals surface area contributed by atoms with E-state index in [1.165, 1.54) is 15.9 Å². The third-order valence-corrected chi connectivity index (χ3v) is 4.61. The number of carboxylic acids is 1. The number of rotatable bonds is 2. The molecule has 1 N–H and O–H groups in total. The minimum atomic E-state index is -0.781. The first-order valence-electron chi connectivity index (χ1n) is 6.50. The Hall–Kier alpha value is -1.89. The van der Waals surface area contributed by atoms with Gasteiger partial charge in [0, 0.05) is 20.1 Å². The molecule has 0 aromatic carbocycles. The number of carbonyl (C=O) groups is 1. The molecule has 0 spiro atoms. The maximum absolute atomic E-state index is 12.3. The van der Waals surface area contributed by atoms with E-state index in [4.69, 9.17) is 5.11 Å². The van der Waals surface area contributed by atoms with Crippen LogP contribution in [-0.4, -0.2) is 33.7 Å². The van der Waals surface area contributed by atoms with Gasteiger partial charge in [0.15, 0.2) is 0 Å². The summed E-state index contributed by atoms with van der Waals surface area (Å²) in [6.07, 6.45) is 1.48. The van der Waals surface area contributed by atoms with Crippen LogP contribution in [0.5, 0.6) is 0 Å². The van der Waals surface area contributed by atoms with Crippen molar-refractivity contribution in [3.8, 4) is 0 Å². The highest BCUT2D eigenvalue weighted by atomic mass is 32.1. The van der Waals surface area contributed by atoms with Crippen LogP contribution < -0.4 is 10.5 Å². The van der Waals surface area contributed by atoms with E-state index in [0.717, 1.165) is 13.0 Å². The highest BCUT2D eigenvalue weighted by molar-refractivity contribution is 7.17. The van der Waals surface area contributed by atoms with Gasteiger partial charge in [0.25, 0.3) is 5.56 Å². The van der Waals surface area contributed by atoms with Gasteiger partial charge in [-0.05, 0) is 24.3 Å². The molecule has 0 saturated carbocycles. The topological polar surface area (TPSA) is 75.4 Å². The fourth-order valence-electron chi connectivity index (χ4n) is 2.62. The largest absolute Gasteiger partial charge is 0.481 e. The lowest BCUT2D eigenvalue weighted by Crippen LogP contribution is -2.41. The van der Waals surface area contributed by atoms with Crippen molar-refractivity contribution in [3.05, 3.63) is 21.8 Å². The van der Waals surface area contributed by atoms with Crippen LogP contribution in [0.2, 0.25) is 0 Å². The number of piperidine rings is 1. The van der Waals surface area contributed by atoms with Crippen LogP contribution in [0, 0.1) is 5.92 Å². The number of carboxylic acid groups (broad SMARTS) is 1. The Morgan fingerprint density at radius 2 is 2.35 bits per heavy atom. The predicted molar refractivity (Wildman–Crippen MR) is 77.4 cm³/mol. The van der Waals surface area contributed by atoms with Crippen molar-refractivity contribution in [1.29, 1.82) is 0 Å². The third-order valence-electron chi connectivity index (χ3n) is 3.72. The number of hydrogen-bond acceptors (Lipinski definition) is 5. The third kappa shape index (κ3) is 2.07. The summed E-state index contributed by atoms with van der Waals surface area (Å²) in [4.78, 5) is 29.8. The van der Waals surface area contributed by atoms with Crippen molar-refractivity contribution in [2.24, 2.45) is 13.0 Å². The van der Waals surface area contributed by atoms with E-state index in [2.05, 4.69) is 4.98 Å². The molecule has 20 heavy (non-hydrogen) atoms. The van der Waals surface area contributed by atoms with Crippen molar-refractivity contribution in [2.45, 2.75) is 12.8 Å². The second kappa shape index (κ2) is 4.90. The lowest BCUT2D eigenvalue weighted by molar-refractivity contribution is -0.141. The van der Waals surface area contributed by atoms with Gasteiger partial charge in [-0.3, -0.25) is 14.2 Å². The highest BCUT2D eigenvalue weighted by Crippen LogP contribution is 2.23. The Labute approximate surface area is 119 Å². The molecule has 2 aromatic rings. The molecule has 0 amide bonds. The monoisotopic (exact) mass is 293 g/mol. The molecule has 3 heterocycles. The average molecular weight is 293 g/mol. The first kappa shape index (κ1) is 13.1. The van der Waals surface area contributed by atoms with Crippen LogP contribution in [0.3, 0.4) is 0 Å². The lowest BCUT2D eigenvalue weighted by Gasteiger charge is -2.32. The summed E-state index contributed by atoms with van der Waals surface area (Å²) in [6.45, 7) is 1.14. The van der Waals surface area contributed by atoms with Crippen LogP contribution in [-0.2, 0) is 11.8 Å². The van der Waals surface area contributed by atoms with Crippen LogP contribution in [0.15, 0.2) is 16.2 Å². The van der Waals surface area contributed by atoms with Crippen molar-refractivity contribution in [1.82, 2.24) is 9.55 Å². The fraction of sp³-hybridized carbons (Fsp3) is 0.462. The van der Waals surface area contributed by atoms with Crippen LogP contribution in [0.4, 0.5) is 5.95 Å². The van der Waals surface area contributed by atoms with E-state index >= 15 is 0 Å². The molecule has 1 fully saturated rings. The minimum absolute atomic E-state index is 0.0718. The van der Waals surface area contributed by atoms with Gasteiger partial charge in [0.05, 0.1) is 11.4 Å². The molecule has 1 atom stereocenters. The summed E-state index contributed by atoms with van der Waals surface area (Å²) in [5.74, 6) is -0.609. The molecule has 0 radical (unpaired) electrons. The summed E-state index contributed by atoms with van der Waals surface area (Å²) in [6, 6.07) is 1.82. The molecule has 1 unspecified atom stereocenters. The molecule has 2 aromatic heterocycles. The molecule has 0 aliphatic carbocycles. The number of hydrogen-bond donors (Lipinski definition) is 1. The SMILES string of the molecule is Cn1c(N2CCCC(C(=O)O)C2)nc2ccsc2c1=O. The van der Waals surface area contributed by atoms with Crippen molar-refractivity contribution >= 4 is 33.5 Å². The first-order chi connectivity index (χ1) is 9.58. The zero-order valence-corrected chi connectivity index (χ0v) is 11.9. The van der Waals surface area contributed by atoms with Crippen molar-refractivity contribution in [2.75, 3.05) is 18.0 Å². The standard InChI is InChI=1S/C13H15N3O3S/c1-15-11(17)10-9(4-6-20-10)14-13(15)16-5-2-3-8(7-16)12(18)19/h4,6,8H,2-3,5,7H2,1H3,(H,18,19). The van der Waals surface area contributed by atoms with E-state index in [1.54, 1.807) is 7.05 Å². The average Bonchev–Trinajstić information content (AvgIpc) is 2.91. The van der Waals surface area contributed by atoms with Crippen LogP contribution in [0.1, 0.15) is 12.8 Å². The van der Waals surface area contributed by atoms with Crippen LogP contribution >= 0.6 is 11.3 Å². The summed E-state index contributed by atoms with van der Waals surface area (Å²) in [7, 11) is 1.69. The number of nitrogens with zero attached hydrogens (tertiary/aromatic N) is 3. The number of aliphatic carboxylic acids is 1. The summed E-state index contributed by atoms with van der Waals surface area (Å²) in [5.41, 5.74) is 0.614. The van der Waals surface area contributed by atoms with E-state index < -0.39 is 5.97 Å². The molecule has 1 saturated heterocycles. The fourth-order valence-corrected chi connectivity index (χ4v) is 3.42. The molecular weight excluding hydrogens is 278 g/mol. The lowest BCUT2D eigenvalue weighted by atomic mass is 9.99. The molecule has 6 nitrogen and oxygen atoms in total. The van der Waals surface area contributed by atoms with E-state index in [0.29, 0.717) is 29.1 Å². The Balaban J connectivity index is 2.03. The van der Waals surface area contributed by atoms with Gasteiger partial charge in [-0.2, -0.15) is 0 Å². The summed E-state index contributed by atoms with van der Waals surface area (Å²) < 4.78 is 2.16. The number of fused-ring (bicyclic) bond motifs is 1. The molecule has 1 aliphatic heterocycles. The first-order valence-corrected chi connectivity index (χ1v) is 7.38. The molecule has 3 rings (SSSR count). The zero-order valence-electron chi connectivity index (χ0n) is 11.1. The predicted octanol–water partition coefficient (Wildman–Crippen LogP) is 1.30. The number of aromatic nitrogens is 2. The molecule has 0 bridgehead atoms. The van der Waals surface area contributed by atoms with E-state index in [-0.39, 0.29) is 11.5 Å². The van der Waals surface area contributed by atoms with Gasteiger partial charge in [0.1, 0.15) is 4.70 Å². The van der Waals surface area contributed by atoms with Gasteiger partial charge in [0.2, 0.25) is 5.95 Å². The van der Waals surface area contributed by atoms with Gasteiger partial charge in [-0.1, -0.05) is 0 Å². The van der Waals surface area contributed by atoms with Gasteiger partial charge in [-0.15, -0.1) is 11.3 Å². The van der Waals surface area contributed by atoms with Crippen LogP contribution in [0.25, 0.3) is 10.2 Å². The minimum Gasteiger partial charge on any atom is -0.481 e. The Bertz CT molecular complexity index is 721.